The molecule has 0 bridgehead atoms. The molecule has 0 aromatic carbocycles. The number of aromatic nitrogens is 2. The van der Waals surface area contributed by atoms with Gasteiger partial charge in [0.25, 0.3) is 5.91 Å². The Kier molecular flexibility index (Phi) is 3.75. The Morgan fingerprint density at radius 2 is 2.29 bits per heavy atom. The summed E-state index contributed by atoms with van der Waals surface area (Å²) in [6, 6.07) is 7.95. The molecule has 0 fully saturated rings. The summed E-state index contributed by atoms with van der Waals surface area (Å²) in [5.74, 6) is -0.0530. The van der Waals surface area contributed by atoms with Crippen molar-refractivity contribution in [2.75, 3.05) is 0 Å². The van der Waals surface area contributed by atoms with Gasteiger partial charge in [0.05, 0.1) is 10.2 Å². The van der Waals surface area contributed by atoms with E-state index in [1.807, 2.05) is 29.8 Å². The average molecular weight is 299 g/mol. The Morgan fingerprint density at radius 1 is 1.43 bits per heavy atom. The van der Waals surface area contributed by atoms with Crippen molar-refractivity contribution in [3.63, 3.8) is 0 Å². The Labute approximate surface area is 127 Å². The summed E-state index contributed by atoms with van der Waals surface area (Å²) in [4.78, 5) is 17.7. The number of nitrogens with one attached hydrogen (secondary N) is 1. The van der Waals surface area contributed by atoms with Gasteiger partial charge in [-0.2, -0.15) is 0 Å². The standard InChI is InChI=1S/C16H17N3OS/c1-3-12-7-13-15(21-12)8-14(19(13)2)16(20)18-10-11-5-4-6-17-9-11/h4-9H,3,10H2,1-2H3,(H,18,20). The molecule has 0 aliphatic rings. The van der Waals surface area contributed by atoms with Gasteiger partial charge in [0.15, 0.2) is 0 Å². The minimum Gasteiger partial charge on any atom is -0.347 e. The largest absolute Gasteiger partial charge is 0.347 e. The molecule has 0 saturated heterocycles. The number of hydrogen-bond acceptors (Lipinski definition) is 3. The molecular weight excluding hydrogens is 282 g/mol. The predicted octanol–water partition coefficient (Wildman–Crippen LogP) is 3.13. The molecule has 21 heavy (non-hydrogen) atoms. The highest BCUT2D eigenvalue weighted by Crippen LogP contribution is 2.28. The van der Waals surface area contributed by atoms with E-state index >= 15 is 0 Å². The third kappa shape index (κ3) is 2.69. The molecule has 5 heteroatoms. The van der Waals surface area contributed by atoms with Crippen molar-refractivity contribution in [3.05, 3.63) is 52.8 Å². The number of rotatable bonds is 4. The van der Waals surface area contributed by atoms with Crippen LogP contribution in [0.5, 0.6) is 0 Å². The van der Waals surface area contributed by atoms with E-state index < -0.39 is 0 Å². The maximum atomic E-state index is 12.3. The van der Waals surface area contributed by atoms with Crippen molar-refractivity contribution < 1.29 is 4.79 Å². The Hall–Kier alpha value is -2.14. The van der Waals surface area contributed by atoms with Crippen molar-refractivity contribution >= 4 is 27.5 Å². The van der Waals surface area contributed by atoms with Crippen LogP contribution in [0.25, 0.3) is 10.2 Å². The first kappa shape index (κ1) is 13.8. The van der Waals surface area contributed by atoms with E-state index in [1.165, 1.54) is 9.58 Å². The maximum absolute atomic E-state index is 12.3. The van der Waals surface area contributed by atoms with Crippen molar-refractivity contribution in [2.24, 2.45) is 7.05 Å². The lowest BCUT2D eigenvalue weighted by atomic mass is 10.3. The molecule has 3 aromatic rings. The van der Waals surface area contributed by atoms with Crippen molar-refractivity contribution in [1.82, 2.24) is 14.9 Å². The van der Waals surface area contributed by atoms with Crippen LogP contribution in [0, 0.1) is 0 Å². The third-order valence-corrected chi connectivity index (χ3v) is 4.75. The normalized spacial score (nSPS) is 11.0. The number of thiophene rings is 1. The van der Waals surface area contributed by atoms with Crippen molar-refractivity contribution in [2.45, 2.75) is 19.9 Å². The SMILES string of the molecule is CCc1cc2c(cc(C(=O)NCc3cccnc3)n2C)s1. The summed E-state index contributed by atoms with van der Waals surface area (Å²) in [7, 11) is 1.94. The van der Waals surface area contributed by atoms with E-state index in [-0.39, 0.29) is 5.91 Å². The molecular formula is C16H17N3OS. The van der Waals surface area contributed by atoms with Gasteiger partial charge in [0.1, 0.15) is 5.69 Å². The van der Waals surface area contributed by atoms with Gasteiger partial charge in [-0.05, 0) is 30.2 Å². The number of carbonyl (C=O) groups is 1. The molecule has 0 atom stereocenters. The van der Waals surface area contributed by atoms with Crippen LogP contribution in [0.1, 0.15) is 27.9 Å². The average Bonchev–Trinajstić information content (AvgIpc) is 3.05. The fourth-order valence-electron chi connectivity index (χ4n) is 2.33. The van der Waals surface area contributed by atoms with Crippen LogP contribution < -0.4 is 5.32 Å². The van der Waals surface area contributed by atoms with Gasteiger partial charge >= 0.3 is 0 Å². The van der Waals surface area contributed by atoms with Gasteiger partial charge in [-0.25, -0.2) is 0 Å². The molecule has 3 heterocycles. The summed E-state index contributed by atoms with van der Waals surface area (Å²) >= 11 is 1.75. The highest BCUT2D eigenvalue weighted by Gasteiger charge is 2.15. The first-order chi connectivity index (χ1) is 10.2. The molecule has 0 unspecified atom stereocenters. The third-order valence-electron chi connectivity index (χ3n) is 3.54. The smallest absolute Gasteiger partial charge is 0.268 e. The zero-order chi connectivity index (χ0) is 14.8. The van der Waals surface area contributed by atoms with Crippen LogP contribution in [0.4, 0.5) is 0 Å². The molecule has 1 N–H and O–H groups in total. The second-order valence-corrected chi connectivity index (χ2v) is 6.12. The zero-order valence-corrected chi connectivity index (χ0v) is 12.9. The molecule has 0 aliphatic heterocycles. The molecule has 4 nitrogen and oxygen atoms in total. The molecule has 0 spiro atoms. The first-order valence-electron chi connectivity index (χ1n) is 6.94. The molecule has 0 saturated carbocycles. The highest BCUT2D eigenvalue weighted by atomic mass is 32.1. The van der Waals surface area contributed by atoms with E-state index in [1.54, 1.807) is 23.7 Å². The summed E-state index contributed by atoms with van der Waals surface area (Å²) in [6.07, 6.45) is 4.52. The first-order valence-corrected chi connectivity index (χ1v) is 7.76. The summed E-state index contributed by atoms with van der Waals surface area (Å²) < 4.78 is 3.13. The summed E-state index contributed by atoms with van der Waals surface area (Å²) in [5.41, 5.74) is 2.82. The zero-order valence-electron chi connectivity index (χ0n) is 12.1. The van der Waals surface area contributed by atoms with Crippen LogP contribution in [0.2, 0.25) is 0 Å². The number of nitrogens with zero attached hydrogens (tertiary/aromatic N) is 2. The highest BCUT2D eigenvalue weighted by molar-refractivity contribution is 7.19. The van der Waals surface area contributed by atoms with E-state index in [0.29, 0.717) is 12.2 Å². The van der Waals surface area contributed by atoms with E-state index in [0.717, 1.165) is 17.5 Å². The Morgan fingerprint density at radius 3 is 2.95 bits per heavy atom. The van der Waals surface area contributed by atoms with Gasteiger partial charge in [-0.1, -0.05) is 13.0 Å². The molecule has 1 amide bonds. The number of carbonyl (C=O) groups excluding carboxylic acids is 1. The molecule has 3 aromatic heterocycles. The van der Waals surface area contributed by atoms with E-state index in [4.69, 9.17) is 0 Å². The van der Waals surface area contributed by atoms with Gasteiger partial charge in [-0.3, -0.25) is 9.78 Å². The summed E-state index contributed by atoms with van der Waals surface area (Å²) in [6.45, 7) is 2.64. The lowest BCUT2D eigenvalue weighted by molar-refractivity contribution is 0.0943. The predicted molar refractivity (Wildman–Crippen MR) is 85.6 cm³/mol. The van der Waals surface area contributed by atoms with Gasteiger partial charge in [0.2, 0.25) is 0 Å². The van der Waals surface area contributed by atoms with Gasteiger partial charge in [0, 0.05) is 30.9 Å². The quantitative estimate of drug-likeness (QED) is 0.804. The van der Waals surface area contributed by atoms with Crippen molar-refractivity contribution in [1.29, 1.82) is 0 Å². The van der Waals surface area contributed by atoms with Crippen LogP contribution in [0.3, 0.4) is 0 Å². The molecule has 0 radical (unpaired) electrons. The van der Waals surface area contributed by atoms with Gasteiger partial charge in [-0.15, -0.1) is 11.3 Å². The van der Waals surface area contributed by atoms with Crippen LogP contribution in [-0.2, 0) is 20.0 Å². The Bertz CT molecular complexity index is 774. The monoisotopic (exact) mass is 299 g/mol. The minimum atomic E-state index is -0.0530. The second-order valence-electron chi connectivity index (χ2n) is 4.95. The topological polar surface area (TPSA) is 46.9 Å². The lowest BCUT2D eigenvalue weighted by Crippen LogP contribution is -2.24. The van der Waals surface area contributed by atoms with Crippen molar-refractivity contribution in [3.8, 4) is 0 Å². The molecule has 108 valence electrons. The number of pyridine rings is 1. The number of fused-ring (bicyclic) bond motifs is 1. The van der Waals surface area contributed by atoms with Crippen LogP contribution in [0.15, 0.2) is 36.7 Å². The number of amides is 1. The van der Waals surface area contributed by atoms with E-state index in [2.05, 4.69) is 23.3 Å². The fraction of sp³-hybridized carbons (Fsp3) is 0.250. The lowest BCUT2D eigenvalue weighted by Gasteiger charge is -2.06. The van der Waals surface area contributed by atoms with E-state index in [9.17, 15) is 4.79 Å². The van der Waals surface area contributed by atoms with Crippen LogP contribution in [-0.4, -0.2) is 15.5 Å². The summed E-state index contributed by atoms with van der Waals surface area (Å²) in [5, 5.41) is 2.94. The minimum absolute atomic E-state index is 0.0530. The van der Waals surface area contributed by atoms with Gasteiger partial charge < -0.3 is 9.88 Å². The number of hydrogen-bond donors (Lipinski definition) is 1. The Balaban J connectivity index is 1.78. The fourth-order valence-corrected chi connectivity index (χ4v) is 3.40. The maximum Gasteiger partial charge on any atom is 0.268 e. The van der Waals surface area contributed by atoms with Crippen LogP contribution >= 0.6 is 11.3 Å². The second kappa shape index (κ2) is 5.69. The molecule has 0 aliphatic carbocycles. The number of aryl methyl sites for hydroxylation is 2. The molecule has 3 rings (SSSR count).